The Bertz CT molecular complexity index is 268. The summed E-state index contributed by atoms with van der Waals surface area (Å²) in [6.45, 7) is 2.61. The van der Waals surface area contributed by atoms with Crippen molar-refractivity contribution >= 4 is 0 Å². The van der Waals surface area contributed by atoms with Crippen molar-refractivity contribution in [2.45, 2.75) is 81.9 Å². The number of hydrogen-bond donors (Lipinski definition) is 1. The van der Waals surface area contributed by atoms with E-state index >= 15 is 0 Å². The molecule has 3 heteroatoms. The molecule has 0 aromatic carbocycles. The number of hydrogen-bond acceptors (Lipinski definition) is 3. The largest absolute Gasteiger partial charge is 0.378 e. The highest BCUT2D eigenvalue weighted by atomic mass is 16.6. The summed E-state index contributed by atoms with van der Waals surface area (Å²) in [4.78, 5) is 0. The number of rotatable bonds is 2. The minimum absolute atomic E-state index is 0.0531. The molecule has 2 unspecified atom stereocenters. The maximum absolute atomic E-state index is 6.03. The summed E-state index contributed by atoms with van der Waals surface area (Å²) in [5, 5.41) is 3.94. The minimum Gasteiger partial charge on any atom is -0.378 e. The molecule has 1 aliphatic carbocycles. The molecule has 2 saturated heterocycles. The van der Waals surface area contributed by atoms with E-state index in [2.05, 4.69) is 5.32 Å². The molecular weight excluding hydrogens is 238 g/mol. The number of ether oxygens (including phenoxy) is 2. The lowest BCUT2D eigenvalue weighted by molar-refractivity contribution is -0.0905. The Morgan fingerprint density at radius 1 is 0.842 bits per heavy atom. The molecular formula is C16H29NO2. The standard InChI is InChI=1S/C16H29NO2/c1-2-4-6-14(7-5-3-1)17-15-8-10-19-16(12-15)9-11-18-13-16/h14-15,17H,1-13H2. The minimum atomic E-state index is 0.0531. The Labute approximate surface area is 117 Å². The van der Waals surface area contributed by atoms with Crippen molar-refractivity contribution in [3.05, 3.63) is 0 Å². The van der Waals surface area contributed by atoms with Gasteiger partial charge in [-0.3, -0.25) is 0 Å². The van der Waals surface area contributed by atoms with Crippen LogP contribution in [0.25, 0.3) is 0 Å². The van der Waals surface area contributed by atoms with Crippen LogP contribution in [0.1, 0.15) is 64.2 Å². The zero-order valence-electron chi connectivity index (χ0n) is 12.2. The summed E-state index contributed by atoms with van der Waals surface area (Å²) in [6, 6.07) is 1.41. The van der Waals surface area contributed by atoms with Gasteiger partial charge in [0, 0.05) is 31.7 Å². The van der Waals surface area contributed by atoms with Crippen molar-refractivity contribution in [3.8, 4) is 0 Å². The fourth-order valence-electron chi connectivity index (χ4n) is 3.99. The molecule has 1 saturated carbocycles. The molecule has 0 aromatic rings. The molecule has 0 aromatic heterocycles. The molecule has 110 valence electrons. The zero-order valence-corrected chi connectivity index (χ0v) is 12.2. The van der Waals surface area contributed by atoms with Crippen LogP contribution < -0.4 is 5.32 Å². The highest BCUT2D eigenvalue weighted by Crippen LogP contribution is 2.33. The Morgan fingerprint density at radius 2 is 1.63 bits per heavy atom. The van der Waals surface area contributed by atoms with E-state index in [0.717, 1.165) is 38.7 Å². The Hall–Kier alpha value is -0.120. The first-order valence-electron chi connectivity index (χ1n) is 8.34. The third kappa shape index (κ3) is 3.71. The van der Waals surface area contributed by atoms with Crippen molar-refractivity contribution in [2.75, 3.05) is 19.8 Å². The molecule has 0 radical (unpaired) electrons. The van der Waals surface area contributed by atoms with Gasteiger partial charge < -0.3 is 14.8 Å². The van der Waals surface area contributed by atoms with Crippen molar-refractivity contribution in [1.82, 2.24) is 5.32 Å². The van der Waals surface area contributed by atoms with E-state index in [1.807, 2.05) is 0 Å². The monoisotopic (exact) mass is 267 g/mol. The van der Waals surface area contributed by atoms with Gasteiger partial charge in [0.1, 0.15) is 0 Å². The summed E-state index contributed by atoms with van der Waals surface area (Å²) in [6.07, 6.45) is 13.3. The quantitative estimate of drug-likeness (QED) is 0.834. The Balaban J connectivity index is 1.50. The third-order valence-electron chi connectivity index (χ3n) is 5.14. The van der Waals surface area contributed by atoms with E-state index in [0.29, 0.717) is 6.04 Å². The van der Waals surface area contributed by atoms with Crippen LogP contribution in [0.2, 0.25) is 0 Å². The van der Waals surface area contributed by atoms with E-state index in [4.69, 9.17) is 9.47 Å². The highest BCUT2D eigenvalue weighted by Gasteiger charge is 2.41. The van der Waals surface area contributed by atoms with Gasteiger partial charge in [-0.25, -0.2) is 0 Å². The van der Waals surface area contributed by atoms with Crippen LogP contribution in [0.15, 0.2) is 0 Å². The molecule has 1 N–H and O–H groups in total. The SMILES string of the molecule is C1CCCC(NC2CCOC3(CCOC3)C2)CCC1. The van der Waals surface area contributed by atoms with Crippen molar-refractivity contribution in [1.29, 1.82) is 0 Å². The summed E-state index contributed by atoms with van der Waals surface area (Å²) in [7, 11) is 0. The van der Waals surface area contributed by atoms with Gasteiger partial charge in [-0.05, 0) is 25.7 Å². The molecule has 3 fully saturated rings. The van der Waals surface area contributed by atoms with Gasteiger partial charge in [0.25, 0.3) is 0 Å². The van der Waals surface area contributed by atoms with Crippen LogP contribution in [0.3, 0.4) is 0 Å². The fraction of sp³-hybridized carbons (Fsp3) is 1.00. The van der Waals surface area contributed by atoms with Gasteiger partial charge >= 0.3 is 0 Å². The first kappa shape index (κ1) is 13.8. The molecule has 0 bridgehead atoms. The van der Waals surface area contributed by atoms with E-state index < -0.39 is 0 Å². The van der Waals surface area contributed by atoms with E-state index in [1.54, 1.807) is 0 Å². The molecule has 3 nitrogen and oxygen atoms in total. The normalized spacial score (nSPS) is 38.2. The van der Waals surface area contributed by atoms with Gasteiger partial charge in [0.05, 0.1) is 12.2 Å². The predicted octanol–water partition coefficient (Wildman–Crippen LogP) is 3.03. The van der Waals surface area contributed by atoms with Crippen LogP contribution in [-0.4, -0.2) is 37.5 Å². The topological polar surface area (TPSA) is 30.5 Å². The highest BCUT2D eigenvalue weighted by molar-refractivity contribution is 4.93. The van der Waals surface area contributed by atoms with Crippen molar-refractivity contribution in [2.24, 2.45) is 0 Å². The van der Waals surface area contributed by atoms with Gasteiger partial charge in [-0.2, -0.15) is 0 Å². The molecule has 1 spiro atoms. The van der Waals surface area contributed by atoms with Gasteiger partial charge in [0.15, 0.2) is 0 Å². The maximum Gasteiger partial charge on any atom is 0.0951 e. The first-order chi connectivity index (χ1) is 9.36. The molecule has 3 aliphatic rings. The second-order valence-corrected chi connectivity index (χ2v) is 6.73. The van der Waals surface area contributed by atoms with E-state index in [1.165, 1.54) is 51.4 Å². The molecule has 0 amide bonds. The lowest BCUT2D eigenvalue weighted by atomic mass is 9.88. The zero-order chi connectivity index (χ0) is 13.0. The average molecular weight is 267 g/mol. The third-order valence-corrected chi connectivity index (χ3v) is 5.14. The van der Waals surface area contributed by atoms with Crippen LogP contribution in [0, 0.1) is 0 Å². The maximum atomic E-state index is 6.03. The molecule has 19 heavy (non-hydrogen) atoms. The molecule has 3 rings (SSSR count). The average Bonchev–Trinajstić information content (AvgIpc) is 2.81. The van der Waals surface area contributed by atoms with E-state index in [-0.39, 0.29) is 5.60 Å². The van der Waals surface area contributed by atoms with Crippen LogP contribution >= 0.6 is 0 Å². The second-order valence-electron chi connectivity index (χ2n) is 6.73. The lowest BCUT2D eigenvalue weighted by Gasteiger charge is -2.39. The summed E-state index contributed by atoms with van der Waals surface area (Å²) in [5.41, 5.74) is 0.0531. The second kappa shape index (κ2) is 6.55. The smallest absolute Gasteiger partial charge is 0.0951 e. The van der Waals surface area contributed by atoms with Crippen LogP contribution in [-0.2, 0) is 9.47 Å². The molecule has 2 atom stereocenters. The van der Waals surface area contributed by atoms with E-state index in [9.17, 15) is 0 Å². The summed E-state index contributed by atoms with van der Waals surface area (Å²) < 4.78 is 11.6. The summed E-state index contributed by atoms with van der Waals surface area (Å²) in [5.74, 6) is 0. The van der Waals surface area contributed by atoms with Crippen molar-refractivity contribution in [3.63, 3.8) is 0 Å². The van der Waals surface area contributed by atoms with Crippen LogP contribution in [0.4, 0.5) is 0 Å². The first-order valence-corrected chi connectivity index (χ1v) is 8.34. The summed E-state index contributed by atoms with van der Waals surface area (Å²) >= 11 is 0. The Morgan fingerprint density at radius 3 is 2.37 bits per heavy atom. The van der Waals surface area contributed by atoms with Crippen molar-refractivity contribution < 1.29 is 9.47 Å². The lowest BCUT2D eigenvalue weighted by Crippen LogP contribution is -2.50. The predicted molar refractivity (Wildman–Crippen MR) is 76.4 cm³/mol. The van der Waals surface area contributed by atoms with Crippen LogP contribution in [0.5, 0.6) is 0 Å². The molecule has 2 heterocycles. The fourth-order valence-corrected chi connectivity index (χ4v) is 3.99. The van der Waals surface area contributed by atoms with Gasteiger partial charge in [0.2, 0.25) is 0 Å². The Kier molecular flexibility index (Phi) is 4.78. The molecule has 2 aliphatic heterocycles. The van der Waals surface area contributed by atoms with Gasteiger partial charge in [-0.15, -0.1) is 0 Å². The number of nitrogens with one attached hydrogen (secondary N) is 1. The van der Waals surface area contributed by atoms with Gasteiger partial charge in [-0.1, -0.05) is 32.1 Å².